The molecule has 0 radical (unpaired) electrons. The van der Waals surface area contributed by atoms with Crippen molar-refractivity contribution in [1.29, 1.82) is 0 Å². The van der Waals surface area contributed by atoms with Crippen LogP contribution in [0, 0.1) is 27.9 Å². The van der Waals surface area contributed by atoms with Gasteiger partial charge >= 0.3 is 0 Å². The van der Waals surface area contributed by atoms with E-state index in [2.05, 4.69) is 15.9 Å². The first kappa shape index (κ1) is 26.9. The number of likely N-dealkylation sites (tertiary alicyclic amines) is 1. The Kier molecular flexibility index (Phi) is 6.14. The zero-order valence-corrected chi connectivity index (χ0v) is 23.6. The molecule has 2 aliphatic carbocycles. The van der Waals surface area contributed by atoms with Crippen LogP contribution in [0.5, 0.6) is 5.75 Å². The van der Waals surface area contributed by atoms with Gasteiger partial charge in [-0.05, 0) is 37.0 Å². The third-order valence-corrected chi connectivity index (χ3v) is 10.5. The Morgan fingerprint density at radius 2 is 1.68 bits per heavy atom. The molecule has 206 valence electrons. The molecule has 1 N–H and O–H groups in total. The molecule has 2 aromatic rings. The average molecular weight is 649 g/mol. The predicted octanol–water partition coefficient (Wildman–Crippen LogP) is 4.22. The number of fused-ring (bicyclic) bond motifs is 4. The van der Waals surface area contributed by atoms with Crippen LogP contribution in [0.4, 0.5) is 11.4 Å². The normalized spacial score (nSPS) is 33.0. The number of non-ortho nitro benzene ring substituents is 1. The second kappa shape index (κ2) is 9.12. The number of amides is 4. The Labute approximate surface area is 245 Å². The van der Waals surface area contributed by atoms with Gasteiger partial charge in [-0.3, -0.25) is 39.1 Å². The standard InChI is InChI=1S/C27H20BrCl2N3O7/c28-12-31-24(37)26(29)11-18-15(21(27(26,30)25(31)38)16-3-1-2-4-19(16)34)9-10-17-20(18)23(36)32(22(17)35)13-5-7-14(8-6-13)33(39)40/h1-9,17-18,20-21,34H,10-12H2. The van der Waals surface area contributed by atoms with Gasteiger partial charge in [0.15, 0.2) is 9.75 Å². The molecule has 2 heterocycles. The second-order valence-electron chi connectivity index (χ2n) is 10.3. The first-order valence-corrected chi connectivity index (χ1v) is 14.3. The van der Waals surface area contributed by atoms with E-state index < -0.39 is 62.0 Å². The number of nitro benzene ring substituents is 1. The van der Waals surface area contributed by atoms with Crippen molar-refractivity contribution in [2.75, 3.05) is 10.4 Å². The van der Waals surface area contributed by atoms with Gasteiger partial charge in [0.25, 0.3) is 17.5 Å². The Balaban J connectivity index is 1.49. The number of hydrogen-bond acceptors (Lipinski definition) is 7. The molecule has 0 aromatic heterocycles. The summed E-state index contributed by atoms with van der Waals surface area (Å²) in [7, 11) is 0. The number of hydrogen-bond donors (Lipinski definition) is 1. The van der Waals surface area contributed by atoms with Crippen molar-refractivity contribution >= 4 is 74.1 Å². The Morgan fingerprint density at radius 3 is 2.30 bits per heavy atom. The number of para-hydroxylation sites is 1. The first-order chi connectivity index (χ1) is 19.0. The minimum Gasteiger partial charge on any atom is -0.508 e. The molecule has 6 rings (SSSR count). The molecule has 1 saturated carbocycles. The van der Waals surface area contributed by atoms with E-state index in [4.69, 9.17) is 23.2 Å². The number of halogens is 3. The third kappa shape index (κ3) is 3.34. The highest BCUT2D eigenvalue weighted by Gasteiger charge is 2.76. The molecular weight excluding hydrogens is 629 g/mol. The Bertz CT molecular complexity index is 1550. The van der Waals surface area contributed by atoms with E-state index in [1.54, 1.807) is 24.3 Å². The van der Waals surface area contributed by atoms with E-state index in [1.165, 1.54) is 30.3 Å². The number of rotatable bonds is 4. The van der Waals surface area contributed by atoms with Crippen molar-refractivity contribution in [3.05, 3.63) is 75.9 Å². The maximum atomic E-state index is 13.9. The van der Waals surface area contributed by atoms with Crippen molar-refractivity contribution in [2.24, 2.45) is 17.8 Å². The topological polar surface area (TPSA) is 138 Å². The van der Waals surface area contributed by atoms with Crippen LogP contribution in [0.25, 0.3) is 0 Å². The maximum Gasteiger partial charge on any atom is 0.269 e. The van der Waals surface area contributed by atoms with Crippen molar-refractivity contribution in [3.63, 3.8) is 0 Å². The van der Waals surface area contributed by atoms with Crippen molar-refractivity contribution in [2.45, 2.75) is 28.5 Å². The summed E-state index contributed by atoms with van der Waals surface area (Å²) in [5, 5.41) is 21.9. The molecule has 0 bridgehead atoms. The van der Waals surface area contributed by atoms with Gasteiger partial charge in [0.1, 0.15) is 5.75 Å². The van der Waals surface area contributed by atoms with Gasteiger partial charge in [-0.25, -0.2) is 0 Å². The maximum absolute atomic E-state index is 13.9. The number of anilines is 1. The summed E-state index contributed by atoms with van der Waals surface area (Å²) in [6, 6.07) is 11.4. The van der Waals surface area contributed by atoms with E-state index in [9.17, 15) is 34.4 Å². The van der Waals surface area contributed by atoms with Crippen LogP contribution in [-0.4, -0.2) is 53.8 Å². The lowest BCUT2D eigenvalue weighted by atomic mass is 9.56. The summed E-state index contributed by atoms with van der Waals surface area (Å²) in [4.78, 5) is 63.3. The summed E-state index contributed by atoms with van der Waals surface area (Å²) in [5.74, 6) is -6.12. The molecule has 2 aromatic carbocycles. The number of phenols is 1. The van der Waals surface area contributed by atoms with Crippen molar-refractivity contribution < 1.29 is 29.2 Å². The fourth-order valence-corrected chi connectivity index (χ4v) is 8.23. The van der Waals surface area contributed by atoms with E-state index in [0.717, 1.165) is 9.80 Å². The Morgan fingerprint density at radius 1 is 1.00 bits per heavy atom. The minimum atomic E-state index is -2.00. The number of carbonyl (C=O) groups is 4. The number of allylic oxidation sites excluding steroid dienone is 2. The fourth-order valence-electron chi connectivity index (χ4n) is 6.81. The van der Waals surface area contributed by atoms with Crippen LogP contribution < -0.4 is 4.90 Å². The van der Waals surface area contributed by atoms with Crippen molar-refractivity contribution in [1.82, 2.24) is 4.90 Å². The summed E-state index contributed by atoms with van der Waals surface area (Å²) < 4.78 is 0. The molecule has 13 heteroatoms. The van der Waals surface area contributed by atoms with Crippen LogP contribution in [0.1, 0.15) is 24.3 Å². The molecule has 2 saturated heterocycles. The molecule has 0 spiro atoms. The predicted molar refractivity (Wildman–Crippen MR) is 147 cm³/mol. The largest absolute Gasteiger partial charge is 0.508 e. The molecule has 6 atom stereocenters. The highest BCUT2D eigenvalue weighted by Crippen LogP contribution is 2.66. The second-order valence-corrected chi connectivity index (χ2v) is 12.1. The van der Waals surface area contributed by atoms with Gasteiger partial charge < -0.3 is 5.11 Å². The third-order valence-electron chi connectivity index (χ3n) is 8.58. The van der Waals surface area contributed by atoms with Gasteiger partial charge in [0.05, 0.1) is 27.9 Å². The molecule has 4 amide bonds. The van der Waals surface area contributed by atoms with Crippen LogP contribution in [0.15, 0.2) is 60.2 Å². The number of alkyl halides is 3. The van der Waals surface area contributed by atoms with Gasteiger partial charge in [0, 0.05) is 23.6 Å². The Hall–Kier alpha value is -3.28. The number of aromatic hydroxyl groups is 1. The molecule has 2 aliphatic heterocycles. The summed E-state index contributed by atoms with van der Waals surface area (Å²) >= 11 is 17.4. The summed E-state index contributed by atoms with van der Waals surface area (Å²) in [5.41, 5.74) is 0.680. The lowest BCUT2D eigenvalue weighted by molar-refractivity contribution is -0.384. The summed E-state index contributed by atoms with van der Waals surface area (Å²) in [6.45, 7) is 0. The van der Waals surface area contributed by atoms with E-state index in [0.29, 0.717) is 5.57 Å². The van der Waals surface area contributed by atoms with E-state index in [-0.39, 0.29) is 41.0 Å². The van der Waals surface area contributed by atoms with Crippen LogP contribution >= 0.6 is 39.1 Å². The molecule has 40 heavy (non-hydrogen) atoms. The van der Waals surface area contributed by atoms with Crippen LogP contribution in [0.2, 0.25) is 0 Å². The van der Waals surface area contributed by atoms with Crippen LogP contribution in [0.3, 0.4) is 0 Å². The average Bonchev–Trinajstić information content (AvgIpc) is 3.27. The lowest BCUT2D eigenvalue weighted by Crippen LogP contribution is -2.60. The number of nitrogens with zero attached hydrogens (tertiary/aromatic N) is 3. The number of carbonyl (C=O) groups excluding carboxylic acids is 4. The van der Waals surface area contributed by atoms with Crippen molar-refractivity contribution in [3.8, 4) is 5.75 Å². The first-order valence-electron chi connectivity index (χ1n) is 12.4. The number of benzene rings is 2. The van der Waals surface area contributed by atoms with Crippen LogP contribution in [-0.2, 0) is 19.2 Å². The highest BCUT2D eigenvalue weighted by molar-refractivity contribution is 9.09. The minimum absolute atomic E-state index is 0.151. The molecular formula is C27H20BrCl2N3O7. The van der Waals surface area contributed by atoms with E-state index in [1.807, 2.05) is 0 Å². The molecule has 6 unspecified atom stereocenters. The van der Waals surface area contributed by atoms with Gasteiger partial charge in [-0.1, -0.05) is 45.8 Å². The number of imide groups is 2. The highest BCUT2D eigenvalue weighted by atomic mass is 79.9. The molecule has 10 nitrogen and oxygen atoms in total. The number of nitro groups is 1. The van der Waals surface area contributed by atoms with Gasteiger partial charge in [-0.15, -0.1) is 23.2 Å². The SMILES string of the molecule is O=C1C2CC=C3C(CC4(Cl)C(=O)N(CBr)C(=O)C4(Cl)C3c3ccccc3O)C2C(=O)N1c1ccc([N+](=O)[O-])cc1. The quantitative estimate of drug-likeness (QED) is 0.131. The van der Waals surface area contributed by atoms with Gasteiger partial charge in [0.2, 0.25) is 11.8 Å². The summed E-state index contributed by atoms with van der Waals surface area (Å²) in [6.07, 6.45) is 1.74. The number of phenolic OH excluding ortho intramolecular Hbond substituents is 1. The zero-order valence-electron chi connectivity index (χ0n) is 20.5. The molecule has 3 fully saturated rings. The molecule has 4 aliphatic rings. The smallest absolute Gasteiger partial charge is 0.269 e. The lowest BCUT2D eigenvalue weighted by Gasteiger charge is -2.50. The monoisotopic (exact) mass is 647 g/mol. The van der Waals surface area contributed by atoms with E-state index >= 15 is 0 Å². The fraction of sp³-hybridized carbons (Fsp3) is 0.333. The van der Waals surface area contributed by atoms with Gasteiger partial charge in [-0.2, -0.15) is 0 Å². The zero-order chi connectivity index (χ0) is 28.7.